The molecule has 0 saturated carbocycles. The number of benzene rings is 1. The molecule has 0 radical (unpaired) electrons. The van der Waals surface area contributed by atoms with Crippen LogP contribution in [0.3, 0.4) is 0 Å². The topological polar surface area (TPSA) is 87.7 Å². The Labute approximate surface area is 164 Å². The van der Waals surface area contributed by atoms with Gasteiger partial charge in [-0.2, -0.15) is 13.2 Å². The van der Waals surface area contributed by atoms with Crippen LogP contribution in [0.2, 0.25) is 0 Å². The summed E-state index contributed by atoms with van der Waals surface area (Å²) < 4.78 is 60.9. The summed E-state index contributed by atoms with van der Waals surface area (Å²) in [7, 11) is -5.51. The van der Waals surface area contributed by atoms with Gasteiger partial charge in [-0.25, -0.2) is 18.1 Å². The van der Waals surface area contributed by atoms with Crippen LogP contribution in [0.4, 0.5) is 23.7 Å². The normalized spacial score (nSPS) is 17.9. The SMILES string of the molecule is Cc1cc(CN2C(=O)N(c3ccc(S(=O)(=O)C(F)(F)F)cc3)C(=O)C2C)ccn1. The number of rotatable bonds is 4. The Morgan fingerprint density at radius 3 is 2.28 bits per heavy atom. The molecule has 154 valence electrons. The van der Waals surface area contributed by atoms with E-state index < -0.39 is 38.2 Å². The highest BCUT2D eigenvalue weighted by molar-refractivity contribution is 7.92. The minimum atomic E-state index is -5.51. The number of sulfone groups is 1. The molecular formula is C18H16F3N3O4S. The molecular weight excluding hydrogens is 411 g/mol. The molecule has 1 fully saturated rings. The molecule has 1 aliphatic rings. The van der Waals surface area contributed by atoms with Crippen LogP contribution >= 0.6 is 0 Å². The minimum absolute atomic E-state index is 0.0126. The zero-order valence-corrected chi connectivity index (χ0v) is 16.2. The molecule has 1 aromatic carbocycles. The summed E-state index contributed by atoms with van der Waals surface area (Å²) in [6.07, 6.45) is 1.58. The summed E-state index contributed by atoms with van der Waals surface area (Å²) in [5, 5.41) is 0. The van der Waals surface area contributed by atoms with Crippen molar-refractivity contribution < 1.29 is 31.2 Å². The molecule has 1 atom stereocenters. The average Bonchev–Trinajstić information content (AvgIpc) is 2.84. The van der Waals surface area contributed by atoms with Crippen molar-refractivity contribution in [1.29, 1.82) is 0 Å². The van der Waals surface area contributed by atoms with Gasteiger partial charge in [0, 0.05) is 18.4 Å². The molecule has 1 unspecified atom stereocenters. The van der Waals surface area contributed by atoms with Gasteiger partial charge in [-0.1, -0.05) is 0 Å². The summed E-state index contributed by atoms with van der Waals surface area (Å²) in [6, 6.07) is 5.47. The van der Waals surface area contributed by atoms with Gasteiger partial charge >= 0.3 is 11.5 Å². The van der Waals surface area contributed by atoms with Crippen LogP contribution in [0.15, 0.2) is 47.5 Å². The zero-order valence-electron chi connectivity index (χ0n) is 15.3. The molecule has 2 aromatic rings. The third-order valence-electron chi connectivity index (χ3n) is 4.51. The van der Waals surface area contributed by atoms with Crippen LogP contribution in [0.5, 0.6) is 0 Å². The highest BCUT2D eigenvalue weighted by Gasteiger charge is 2.47. The zero-order chi connectivity index (χ0) is 21.6. The van der Waals surface area contributed by atoms with Crippen LogP contribution in [-0.4, -0.2) is 41.8 Å². The number of imide groups is 1. The Morgan fingerprint density at radius 1 is 1.10 bits per heavy atom. The maximum absolute atomic E-state index is 12.8. The van der Waals surface area contributed by atoms with Gasteiger partial charge in [-0.15, -0.1) is 0 Å². The lowest BCUT2D eigenvalue weighted by atomic mass is 10.2. The third-order valence-corrected chi connectivity index (χ3v) is 6.01. The number of hydrogen-bond donors (Lipinski definition) is 0. The van der Waals surface area contributed by atoms with Crippen molar-refractivity contribution in [3.63, 3.8) is 0 Å². The van der Waals surface area contributed by atoms with Gasteiger partial charge in [0.25, 0.3) is 15.7 Å². The van der Waals surface area contributed by atoms with Crippen LogP contribution in [0.25, 0.3) is 0 Å². The summed E-state index contributed by atoms with van der Waals surface area (Å²) in [6.45, 7) is 3.47. The Kier molecular flexibility index (Phi) is 5.11. The number of hydrogen-bond acceptors (Lipinski definition) is 5. The molecule has 3 rings (SSSR count). The minimum Gasteiger partial charge on any atom is -0.308 e. The first kappa shape index (κ1) is 20.8. The van der Waals surface area contributed by atoms with E-state index in [4.69, 9.17) is 0 Å². The van der Waals surface area contributed by atoms with Crippen LogP contribution in [0, 0.1) is 6.92 Å². The first-order valence-corrected chi connectivity index (χ1v) is 9.89. The second-order valence-electron chi connectivity index (χ2n) is 6.51. The molecule has 0 bridgehead atoms. The molecule has 0 aliphatic carbocycles. The van der Waals surface area contributed by atoms with E-state index >= 15 is 0 Å². The number of carbonyl (C=O) groups is 2. The summed E-state index contributed by atoms with van der Waals surface area (Å²) in [4.78, 5) is 30.6. The number of nitrogens with zero attached hydrogens (tertiary/aromatic N) is 3. The molecule has 1 aromatic heterocycles. The van der Waals surface area contributed by atoms with Crippen molar-refractivity contribution in [2.75, 3.05) is 4.90 Å². The average molecular weight is 427 g/mol. The van der Waals surface area contributed by atoms with Crippen LogP contribution in [-0.2, 0) is 21.2 Å². The second kappa shape index (κ2) is 7.14. The van der Waals surface area contributed by atoms with Crippen molar-refractivity contribution in [2.45, 2.75) is 36.8 Å². The molecule has 3 amide bonds. The Hall–Kier alpha value is -2.95. The standard InChI is InChI=1S/C18H16F3N3O4S/c1-11-9-13(7-8-22-11)10-23-12(2)16(25)24(17(23)26)14-3-5-15(6-4-14)29(27,28)18(19,20)21/h3-9,12H,10H2,1-2H3. The summed E-state index contributed by atoms with van der Waals surface area (Å²) in [5.74, 6) is -0.563. The molecule has 29 heavy (non-hydrogen) atoms. The first-order chi connectivity index (χ1) is 13.4. The second-order valence-corrected chi connectivity index (χ2v) is 8.45. The van der Waals surface area contributed by atoms with E-state index in [-0.39, 0.29) is 12.2 Å². The number of amides is 3. The largest absolute Gasteiger partial charge is 0.501 e. The van der Waals surface area contributed by atoms with E-state index in [1.54, 1.807) is 25.3 Å². The van der Waals surface area contributed by atoms with Crippen molar-refractivity contribution in [3.8, 4) is 0 Å². The first-order valence-electron chi connectivity index (χ1n) is 8.41. The van der Waals surface area contributed by atoms with Crippen molar-refractivity contribution in [3.05, 3.63) is 53.9 Å². The van der Waals surface area contributed by atoms with E-state index in [1.165, 1.54) is 11.8 Å². The fraction of sp³-hybridized carbons (Fsp3) is 0.278. The van der Waals surface area contributed by atoms with Crippen molar-refractivity contribution >= 4 is 27.5 Å². The lowest BCUT2D eigenvalue weighted by Gasteiger charge is -2.19. The number of urea groups is 1. The summed E-state index contributed by atoms with van der Waals surface area (Å²) in [5.41, 5.74) is -3.95. The molecule has 0 spiro atoms. The smallest absolute Gasteiger partial charge is 0.308 e. The Balaban J connectivity index is 1.88. The maximum Gasteiger partial charge on any atom is 0.501 e. The van der Waals surface area contributed by atoms with E-state index in [0.29, 0.717) is 0 Å². The van der Waals surface area contributed by atoms with E-state index in [9.17, 15) is 31.2 Å². The molecule has 1 saturated heterocycles. The lowest BCUT2D eigenvalue weighted by Crippen LogP contribution is -2.33. The Morgan fingerprint density at radius 2 is 1.72 bits per heavy atom. The van der Waals surface area contributed by atoms with E-state index in [1.807, 2.05) is 0 Å². The fourth-order valence-electron chi connectivity index (χ4n) is 2.96. The number of halogens is 3. The van der Waals surface area contributed by atoms with E-state index in [0.717, 1.165) is 40.4 Å². The predicted molar refractivity (Wildman–Crippen MR) is 96.5 cm³/mol. The van der Waals surface area contributed by atoms with Gasteiger partial charge in [0.15, 0.2) is 0 Å². The summed E-state index contributed by atoms with van der Waals surface area (Å²) >= 11 is 0. The van der Waals surface area contributed by atoms with Crippen LogP contribution < -0.4 is 4.90 Å². The molecule has 7 nitrogen and oxygen atoms in total. The molecule has 0 N–H and O–H groups in total. The molecule has 2 heterocycles. The Bertz CT molecular complexity index is 1070. The predicted octanol–water partition coefficient (Wildman–Crippen LogP) is 3.04. The van der Waals surface area contributed by atoms with Gasteiger partial charge in [-0.3, -0.25) is 9.78 Å². The van der Waals surface area contributed by atoms with E-state index in [2.05, 4.69) is 4.98 Å². The number of aryl methyl sites for hydroxylation is 1. The van der Waals surface area contributed by atoms with Gasteiger partial charge < -0.3 is 4.90 Å². The quantitative estimate of drug-likeness (QED) is 0.700. The molecule has 1 aliphatic heterocycles. The van der Waals surface area contributed by atoms with Crippen molar-refractivity contribution in [1.82, 2.24) is 9.88 Å². The highest BCUT2D eigenvalue weighted by Crippen LogP contribution is 2.32. The monoisotopic (exact) mass is 427 g/mol. The van der Waals surface area contributed by atoms with Crippen LogP contribution in [0.1, 0.15) is 18.2 Å². The lowest BCUT2D eigenvalue weighted by molar-refractivity contribution is -0.119. The van der Waals surface area contributed by atoms with Gasteiger partial charge in [0.05, 0.1) is 10.6 Å². The number of aromatic nitrogens is 1. The van der Waals surface area contributed by atoms with Gasteiger partial charge in [-0.05, 0) is 55.8 Å². The highest BCUT2D eigenvalue weighted by atomic mass is 32.2. The van der Waals surface area contributed by atoms with Gasteiger partial charge in [0.1, 0.15) is 6.04 Å². The number of anilines is 1. The number of carbonyl (C=O) groups excluding carboxylic acids is 2. The van der Waals surface area contributed by atoms with Crippen molar-refractivity contribution in [2.24, 2.45) is 0 Å². The van der Waals surface area contributed by atoms with Gasteiger partial charge in [0.2, 0.25) is 0 Å². The molecule has 11 heteroatoms. The maximum atomic E-state index is 12.8. The third kappa shape index (κ3) is 3.69. The fourth-order valence-corrected chi connectivity index (χ4v) is 3.72. The number of pyridine rings is 1. The number of alkyl halides is 3.